The number of phosphoric acid groups is 1. The summed E-state index contributed by atoms with van der Waals surface area (Å²) in [5.41, 5.74) is 0. The van der Waals surface area contributed by atoms with Gasteiger partial charge in [-0.2, -0.15) is 0 Å². The molecule has 16 unspecified atom stereocenters. The van der Waals surface area contributed by atoms with E-state index >= 15 is 0 Å². The summed E-state index contributed by atoms with van der Waals surface area (Å²) >= 11 is 0. The summed E-state index contributed by atoms with van der Waals surface area (Å²) in [4.78, 5) is 37.4. The highest BCUT2D eigenvalue weighted by Crippen LogP contribution is 2.49. The third kappa shape index (κ3) is 25.4. The Morgan fingerprint density at radius 2 is 0.846 bits per heavy atom. The number of hydrogen-bond donors (Lipinski definition) is 12. The van der Waals surface area contributed by atoms with Crippen LogP contribution in [-0.4, -0.2) is 204 Å². The van der Waals surface area contributed by atoms with E-state index in [1.807, 2.05) is 0 Å². The minimum absolute atomic E-state index is 0.0492. The second-order valence-electron chi connectivity index (χ2n) is 21.2. The number of phosphoric ester groups is 1. The van der Waals surface area contributed by atoms with Crippen LogP contribution < -0.4 is 0 Å². The number of hydrogen-bond acceptors (Lipinski definition) is 22. The van der Waals surface area contributed by atoms with Crippen LogP contribution >= 0.6 is 7.82 Å². The van der Waals surface area contributed by atoms with E-state index in [0.29, 0.717) is 19.3 Å². The largest absolute Gasteiger partial charge is 0.472 e. The lowest BCUT2D eigenvalue weighted by Crippen LogP contribution is -2.69. The van der Waals surface area contributed by atoms with Crippen LogP contribution in [0.3, 0.4) is 0 Å². The van der Waals surface area contributed by atoms with E-state index in [2.05, 4.69) is 26.0 Å². The summed E-state index contributed by atoms with van der Waals surface area (Å²) in [5.74, 6) is -1.35. The van der Waals surface area contributed by atoms with Crippen LogP contribution in [0.2, 0.25) is 0 Å². The van der Waals surface area contributed by atoms with E-state index in [9.17, 15) is 75.2 Å². The SMILES string of the molecule is CCCCCCCCC=CCCCCCC(=O)OC(COC(=O)CCCCCCCCCCCCCCCC)COP(=O)(O)OC1C(OC2OC(CO)C(O)C(O)C2O)C(O)C(O)C(O)C1OC1OC(CO)C(O)C(O)C1O. The van der Waals surface area contributed by atoms with Crippen LogP contribution in [0.25, 0.3) is 0 Å². The van der Waals surface area contributed by atoms with Crippen molar-refractivity contribution in [2.75, 3.05) is 26.4 Å². The van der Waals surface area contributed by atoms with Gasteiger partial charge in [-0.05, 0) is 38.5 Å². The third-order valence-electron chi connectivity index (χ3n) is 14.6. The van der Waals surface area contributed by atoms with Gasteiger partial charge in [0.1, 0.15) is 92.1 Å². The van der Waals surface area contributed by atoms with Gasteiger partial charge >= 0.3 is 19.8 Å². The van der Waals surface area contributed by atoms with Crippen molar-refractivity contribution in [1.82, 2.24) is 0 Å². The molecule has 23 nitrogen and oxygen atoms in total. The van der Waals surface area contributed by atoms with Crippen LogP contribution in [-0.2, 0) is 51.6 Å². The van der Waals surface area contributed by atoms with Crippen molar-refractivity contribution in [2.24, 2.45) is 0 Å². The Balaban J connectivity index is 1.72. The maximum absolute atomic E-state index is 14.0. The van der Waals surface area contributed by atoms with Crippen molar-refractivity contribution in [1.29, 1.82) is 0 Å². The average molecular weight is 1150 g/mol. The maximum atomic E-state index is 14.0. The van der Waals surface area contributed by atoms with Crippen molar-refractivity contribution in [3.63, 3.8) is 0 Å². The molecule has 0 aromatic heterocycles. The zero-order valence-electron chi connectivity index (χ0n) is 46.2. The van der Waals surface area contributed by atoms with E-state index in [-0.39, 0.29) is 12.8 Å². The van der Waals surface area contributed by atoms with Crippen molar-refractivity contribution in [3.8, 4) is 0 Å². The molecule has 2 saturated heterocycles. The number of aliphatic hydroxyl groups excluding tert-OH is 11. The number of unbranched alkanes of at least 4 members (excludes halogenated alkanes) is 22. The van der Waals surface area contributed by atoms with Gasteiger partial charge in [0, 0.05) is 12.8 Å². The van der Waals surface area contributed by atoms with E-state index in [1.54, 1.807) is 0 Å². The fourth-order valence-electron chi connectivity index (χ4n) is 9.70. The molecule has 2 heterocycles. The van der Waals surface area contributed by atoms with Gasteiger partial charge < -0.3 is 89.5 Å². The Hall–Kier alpha value is -1.81. The number of carbonyl (C=O) groups excluding carboxylic acids is 2. The Morgan fingerprint density at radius 1 is 0.474 bits per heavy atom. The number of esters is 2. The van der Waals surface area contributed by atoms with Crippen LogP contribution in [0.4, 0.5) is 0 Å². The molecule has 16 atom stereocenters. The molecule has 1 saturated carbocycles. The lowest BCUT2D eigenvalue weighted by molar-refractivity contribution is -0.360. The Kier molecular flexibility index (Phi) is 35.8. The molecule has 24 heteroatoms. The second-order valence-corrected chi connectivity index (χ2v) is 22.6. The molecule has 0 bridgehead atoms. The van der Waals surface area contributed by atoms with Crippen LogP contribution in [0.5, 0.6) is 0 Å². The van der Waals surface area contributed by atoms with Gasteiger partial charge in [0.05, 0.1) is 19.8 Å². The summed E-state index contributed by atoms with van der Waals surface area (Å²) < 4.78 is 58.0. The number of carbonyl (C=O) groups is 2. The molecule has 0 aromatic carbocycles. The summed E-state index contributed by atoms with van der Waals surface area (Å²) in [5, 5.41) is 116. The molecule has 2 aliphatic heterocycles. The standard InChI is InChI=1S/C54H99O23P/c1-3-5-7-9-11-13-15-17-19-20-22-24-26-28-30-39(57)70-34-36(72-40(58)31-29-27-25-23-21-18-16-14-12-10-8-6-4-2)35-71-78(68,69)77-52-50(75-53-48(66)43(61)41(59)37(32-55)73-53)46(64)45(63)47(65)51(52)76-54-49(67)44(62)42(60)38(33-56)74-54/h18,21,36-38,41-56,59-67H,3-17,19-20,22-35H2,1-2H3,(H,68,69). The summed E-state index contributed by atoms with van der Waals surface area (Å²) in [6, 6.07) is 0. The van der Waals surface area contributed by atoms with Crippen molar-refractivity contribution in [3.05, 3.63) is 12.2 Å². The molecule has 458 valence electrons. The predicted octanol–water partition coefficient (Wildman–Crippen LogP) is 3.54. The van der Waals surface area contributed by atoms with Gasteiger partial charge in [-0.3, -0.25) is 18.6 Å². The smallest absolute Gasteiger partial charge is 0.462 e. The van der Waals surface area contributed by atoms with Crippen molar-refractivity contribution < 1.29 is 113 Å². The Bertz CT molecular complexity index is 1610. The number of rotatable bonds is 42. The molecule has 3 aliphatic rings. The van der Waals surface area contributed by atoms with Crippen LogP contribution in [0.15, 0.2) is 12.2 Å². The molecule has 1 aliphatic carbocycles. The maximum Gasteiger partial charge on any atom is 0.472 e. The quantitative estimate of drug-likeness (QED) is 0.0180. The minimum Gasteiger partial charge on any atom is -0.462 e. The van der Waals surface area contributed by atoms with E-state index in [4.69, 9.17) is 37.5 Å². The first-order chi connectivity index (χ1) is 37.4. The summed E-state index contributed by atoms with van der Waals surface area (Å²) in [7, 11) is -5.63. The lowest BCUT2D eigenvalue weighted by atomic mass is 9.84. The van der Waals surface area contributed by atoms with Gasteiger partial charge in [0.2, 0.25) is 0 Å². The molecule has 3 rings (SSSR count). The fraction of sp³-hybridized carbons (Fsp3) is 0.926. The average Bonchev–Trinajstić information content (AvgIpc) is 3.47. The lowest BCUT2D eigenvalue weighted by Gasteiger charge is -2.49. The van der Waals surface area contributed by atoms with Gasteiger partial charge in [-0.25, -0.2) is 4.57 Å². The highest BCUT2D eigenvalue weighted by molar-refractivity contribution is 7.47. The normalized spacial score (nSPS) is 31.8. The number of ether oxygens (including phenoxy) is 6. The fourth-order valence-corrected chi connectivity index (χ4v) is 10.7. The third-order valence-corrected chi connectivity index (χ3v) is 15.6. The molecule has 0 radical (unpaired) electrons. The highest BCUT2D eigenvalue weighted by atomic mass is 31.2. The molecule has 0 amide bonds. The minimum atomic E-state index is -5.63. The van der Waals surface area contributed by atoms with Gasteiger partial charge in [-0.15, -0.1) is 0 Å². The molecule has 0 spiro atoms. The number of aliphatic hydroxyl groups is 11. The Labute approximate surface area is 461 Å². The number of allylic oxidation sites excluding steroid dienone is 2. The van der Waals surface area contributed by atoms with Crippen molar-refractivity contribution in [2.45, 2.75) is 291 Å². The highest BCUT2D eigenvalue weighted by Gasteiger charge is 2.58. The van der Waals surface area contributed by atoms with Crippen molar-refractivity contribution >= 4 is 19.8 Å². The zero-order chi connectivity index (χ0) is 57.5. The van der Waals surface area contributed by atoms with Gasteiger partial charge in [0.15, 0.2) is 18.7 Å². The second kappa shape index (κ2) is 39.6. The molecule has 0 aromatic rings. The monoisotopic (exact) mass is 1150 g/mol. The van der Waals surface area contributed by atoms with Gasteiger partial charge in [-0.1, -0.05) is 148 Å². The summed E-state index contributed by atoms with van der Waals surface area (Å²) in [6.07, 6.45) is -3.65. The first-order valence-corrected chi connectivity index (χ1v) is 30.5. The molecular formula is C54H99O23P. The first kappa shape index (κ1) is 70.5. The van der Waals surface area contributed by atoms with E-state index < -0.39 is 150 Å². The summed E-state index contributed by atoms with van der Waals surface area (Å²) in [6.45, 7) is 0.981. The predicted molar refractivity (Wildman–Crippen MR) is 282 cm³/mol. The topological polar surface area (TPSA) is 368 Å². The van der Waals surface area contributed by atoms with Crippen LogP contribution in [0.1, 0.15) is 187 Å². The van der Waals surface area contributed by atoms with Crippen LogP contribution in [0, 0.1) is 0 Å². The van der Waals surface area contributed by atoms with E-state index in [0.717, 1.165) is 51.4 Å². The zero-order valence-corrected chi connectivity index (χ0v) is 47.1. The molecular weight excluding hydrogens is 1050 g/mol. The molecule has 12 N–H and O–H groups in total. The van der Waals surface area contributed by atoms with E-state index in [1.165, 1.54) is 89.9 Å². The molecule has 3 fully saturated rings. The van der Waals surface area contributed by atoms with Gasteiger partial charge in [0.25, 0.3) is 0 Å². The molecule has 78 heavy (non-hydrogen) atoms. The first-order valence-electron chi connectivity index (χ1n) is 29.0. The Morgan fingerprint density at radius 3 is 1.27 bits per heavy atom.